The van der Waals surface area contributed by atoms with E-state index in [9.17, 15) is 34.2 Å². The van der Waals surface area contributed by atoms with E-state index in [0.717, 1.165) is 0 Å². The second-order valence-electron chi connectivity index (χ2n) is 11.0. The summed E-state index contributed by atoms with van der Waals surface area (Å²) in [6.45, 7) is 6.93. The third-order valence-electron chi connectivity index (χ3n) is 6.58. The first-order valence-corrected chi connectivity index (χ1v) is 14.1. The zero-order valence-corrected chi connectivity index (χ0v) is 25.3. The van der Waals surface area contributed by atoms with Crippen LogP contribution in [0.4, 0.5) is 21.0 Å². The summed E-state index contributed by atoms with van der Waals surface area (Å²) in [5.74, 6) is -3.42. The highest BCUT2D eigenvalue weighted by molar-refractivity contribution is 6.01. The molecule has 15 nitrogen and oxygen atoms in total. The molecule has 240 valence electrons. The van der Waals surface area contributed by atoms with Crippen LogP contribution in [0.25, 0.3) is 22.5 Å². The molecule has 15 heteroatoms. The Balaban J connectivity index is 1.33. The fourth-order valence-electron chi connectivity index (χ4n) is 4.24. The normalized spacial score (nSPS) is 11.6. The third-order valence-corrected chi connectivity index (χ3v) is 6.58. The number of imide groups is 1. The van der Waals surface area contributed by atoms with Crippen LogP contribution in [0, 0.1) is 11.8 Å². The zero-order valence-electron chi connectivity index (χ0n) is 25.3. The first-order chi connectivity index (χ1) is 21.8. The summed E-state index contributed by atoms with van der Waals surface area (Å²) >= 11 is 0. The van der Waals surface area contributed by atoms with Crippen molar-refractivity contribution in [1.82, 2.24) is 20.5 Å². The summed E-state index contributed by atoms with van der Waals surface area (Å²) in [6, 6.07) is 14.3. The van der Waals surface area contributed by atoms with Crippen LogP contribution < -0.4 is 16.0 Å². The molecule has 5 N–H and O–H groups in total. The molecule has 5 amide bonds. The van der Waals surface area contributed by atoms with E-state index >= 15 is 0 Å². The molecular weight excluding hydrogens is 600 g/mol. The second kappa shape index (κ2) is 14.2. The number of aromatic nitrogens is 2. The smallest absolute Gasteiger partial charge is 0.414 e. The van der Waals surface area contributed by atoms with Gasteiger partial charge in [-0.3, -0.25) is 9.59 Å². The third kappa shape index (κ3) is 8.13. The van der Waals surface area contributed by atoms with Gasteiger partial charge < -0.3 is 35.2 Å². The molecule has 4 aromatic rings. The van der Waals surface area contributed by atoms with Crippen molar-refractivity contribution in [3.05, 3.63) is 72.2 Å². The van der Waals surface area contributed by atoms with Crippen LogP contribution in [0.15, 0.2) is 69.7 Å². The average Bonchev–Trinajstić information content (AvgIpc) is 3.70. The van der Waals surface area contributed by atoms with Crippen LogP contribution >= 0.6 is 0 Å². The molecule has 0 radical (unpaired) electrons. The Labute approximate surface area is 262 Å². The topological polar surface area (TPSA) is 217 Å². The van der Waals surface area contributed by atoms with Gasteiger partial charge in [-0.15, -0.1) is 0 Å². The van der Waals surface area contributed by atoms with Gasteiger partial charge in [-0.05, 0) is 36.1 Å². The monoisotopic (exact) mass is 632 g/mol. The van der Waals surface area contributed by atoms with Gasteiger partial charge in [0.1, 0.15) is 17.4 Å². The SMILES string of the molecule is CC(C)CN(C(=O)O)C(=O)c1cc(-c2ccc(NC(=O)Nc3ccc(-c4cc(C(=O)NC(C(=O)O)C(C)C)on4)cc3)cc2)no1. The van der Waals surface area contributed by atoms with Gasteiger partial charge in [0.25, 0.3) is 5.91 Å². The molecule has 0 aliphatic rings. The molecule has 0 fully saturated rings. The summed E-state index contributed by atoms with van der Waals surface area (Å²) in [5.41, 5.74) is 2.75. The van der Waals surface area contributed by atoms with Crippen LogP contribution in [0.3, 0.4) is 0 Å². The second-order valence-corrected chi connectivity index (χ2v) is 11.0. The molecule has 2 aromatic carbocycles. The summed E-state index contributed by atoms with van der Waals surface area (Å²) < 4.78 is 10.2. The summed E-state index contributed by atoms with van der Waals surface area (Å²) in [4.78, 5) is 61.1. The van der Waals surface area contributed by atoms with Crippen molar-refractivity contribution < 1.29 is 43.2 Å². The number of carboxylic acids is 1. The number of carbonyl (C=O) groups is 5. The van der Waals surface area contributed by atoms with Gasteiger partial charge in [0, 0.05) is 41.2 Å². The highest BCUT2D eigenvalue weighted by Crippen LogP contribution is 2.24. The zero-order chi connectivity index (χ0) is 33.5. The Morgan fingerprint density at radius 3 is 1.67 bits per heavy atom. The predicted molar refractivity (Wildman–Crippen MR) is 164 cm³/mol. The molecular formula is C31H32N6O9. The maximum absolute atomic E-state index is 12.6. The Hall–Kier alpha value is -5.99. The molecule has 2 heterocycles. The lowest BCUT2D eigenvalue weighted by Crippen LogP contribution is -2.44. The van der Waals surface area contributed by atoms with Crippen molar-refractivity contribution >= 4 is 41.3 Å². The Kier molecular flexibility index (Phi) is 10.2. The molecule has 46 heavy (non-hydrogen) atoms. The van der Waals surface area contributed by atoms with Gasteiger partial charge in [-0.2, -0.15) is 0 Å². The van der Waals surface area contributed by atoms with E-state index in [1.807, 2.05) is 0 Å². The van der Waals surface area contributed by atoms with E-state index in [1.54, 1.807) is 76.2 Å². The Morgan fingerprint density at radius 2 is 1.24 bits per heavy atom. The molecule has 0 bridgehead atoms. The maximum atomic E-state index is 12.6. The fraction of sp³-hybridized carbons (Fsp3) is 0.258. The van der Waals surface area contributed by atoms with E-state index in [-0.39, 0.29) is 29.9 Å². The van der Waals surface area contributed by atoms with Crippen LogP contribution in [0.1, 0.15) is 48.8 Å². The fourth-order valence-corrected chi connectivity index (χ4v) is 4.24. The first kappa shape index (κ1) is 32.9. The lowest BCUT2D eigenvalue weighted by molar-refractivity contribution is -0.140. The van der Waals surface area contributed by atoms with Crippen LogP contribution in [0.5, 0.6) is 0 Å². The van der Waals surface area contributed by atoms with E-state index in [4.69, 9.17) is 9.05 Å². The molecule has 1 unspecified atom stereocenters. The molecule has 0 aliphatic carbocycles. The van der Waals surface area contributed by atoms with Crippen molar-refractivity contribution in [2.75, 3.05) is 17.2 Å². The lowest BCUT2D eigenvalue weighted by atomic mass is 10.0. The van der Waals surface area contributed by atoms with Crippen LogP contribution in [-0.2, 0) is 4.79 Å². The van der Waals surface area contributed by atoms with Gasteiger partial charge in [0.2, 0.25) is 11.5 Å². The number of amides is 5. The summed E-state index contributed by atoms with van der Waals surface area (Å²) in [6.07, 6.45) is -1.38. The number of hydrogen-bond donors (Lipinski definition) is 5. The molecule has 0 saturated heterocycles. The highest BCUT2D eigenvalue weighted by Gasteiger charge is 2.27. The van der Waals surface area contributed by atoms with Crippen LogP contribution in [-0.4, -0.2) is 67.9 Å². The minimum absolute atomic E-state index is 0.00979. The number of urea groups is 1. The molecule has 4 rings (SSSR count). The predicted octanol–water partition coefficient (Wildman–Crippen LogP) is 5.26. The quantitative estimate of drug-likeness (QED) is 0.144. The number of nitrogens with zero attached hydrogens (tertiary/aromatic N) is 3. The number of aliphatic carboxylic acids is 1. The molecule has 1 atom stereocenters. The van der Waals surface area contributed by atoms with Gasteiger partial charge in [0.15, 0.2) is 0 Å². The van der Waals surface area contributed by atoms with Crippen molar-refractivity contribution in [3.63, 3.8) is 0 Å². The van der Waals surface area contributed by atoms with Gasteiger partial charge in [0.05, 0.1) is 0 Å². The van der Waals surface area contributed by atoms with Gasteiger partial charge in [-0.1, -0.05) is 62.3 Å². The van der Waals surface area contributed by atoms with Gasteiger partial charge in [-0.25, -0.2) is 19.3 Å². The Morgan fingerprint density at radius 1 is 0.761 bits per heavy atom. The van der Waals surface area contributed by atoms with Crippen molar-refractivity contribution in [3.8, 4) is 22.5 Å². The number of rotatable bonds is 11. The van der Waals surface area contributed by atoms with Gasteiger partial charge >= 0.3 is 24.0 Å². The van der Waals surface area contributed by atoms with E-state index in [1.165, 1.54) is 12.1 Å². The minimum Gasteiger partial charge on any atom is -0.480 e. The molecule has 0 saturated carbocycles. The first-order valence-electron chi connectivity index (χ1n) is 14.1. The van der Waals surface area contributed by atoms with E-state index in [2.05, 4.69) is 26.3 Å². The number of carboxylic acid groups (broad SMARTS) is 2. The van der Waals surface area contributed by atoms with Crippen molar-refractivity contribution in [2.45, 2.75) is 33.7 Å². The lowest BCUT2D eigenvalue weighted by Gasteiger charge is -2.17. The molecule has 2 aromatic heterocycles. The number of hydrogen-bond acceptors (Lipinski definition) is 9. The number of anilines is 2. The summed E-state index contributed by atoms with van der Waals surface area (Å²) in [5, 5.41) is 34.2. The number of carbonyl (C=O) groups excluding carboxylic acids is 3. The van der Waals surface area contributed by atoms with Crippen LogP contribution in [0.2, 0.25) is 0 Å². The van der Waals surface area contributed by atoms with Crippen molar-refractivity contribution in [2.24, 2.45) is 11.8 Å². The number of nitrogens with one attached hydrogen (secondary N) is 3. The summed E-state index contributed by atoms with van der Waals surface area (Å²) in [7, 11) is 0. The largest absolute Gasteiger partial charge is 0.480 e. The standard InChI is InChI=1S/C31H32N6O9/c1-16(2)15-37(31(43)44)28(39)25-14-23(36-46-25)19-7-11-21(12-8-19)33-30(42)32-20-9-5-18(6-10-20)22-13-24(45-35-22)27(38)34-26(17(3)4)29(40)41/h5-14,16-17,26H,15H2,1-4H3,(H,34,38)(H,40,41)(H,43,44)(H2,32,33,42). The Bertz CT molecular complexity index is 1730. The van der Waals surface area contributed by atoms with E-state index < -0.39 is 35.9 Å². The molecule has 0 spiro atoms. The van der Waals surface area contributed by atoms with Crippen molar-refractivity contribution in [1.29, 1.82) is 0 Å². The molecule has 0 aliphatic heterocycles. The minimum atomic E-state index is -1.38. The average molecular weight is 633 g/mol. The van der Waals surface area contributed by atoms with E-state index in [0.29, 0.717) is 38.8 Å². The highest BCUT2D eigenvalue weighted by atomic mass is 16.5. The maximum Gasteiger partial charge on any atom is 0.414 e. The number of benzene rings is 2.